The molecule has 31 heavy (non-hydrogen) atoms. The van der Waals surface area contributed by atoms with E-state index in [-0.39, 0.29) is 35.8 Å². The van der Waals surface area contributed by atoms with Crippen LogP contribution in [0.1, 0.15) is 51.0 Å². The third-order valence-electron chi connectivity index (χ3n) is 5.35. The van der Waals surface area contributed by atoms with Gasteiger partial charge in [-0.1, -0.05) is 31.4 Å². The molecule has 1 fully saturated rings. The number of carbonyl (C=O) groups is 1. The molecular formula is C23H35IN6O. The van der Waals surface area contributed by atoms with Crippen LogP contribution in [0.3, 0.4) is 0 Å². The van der Waals surface area contributed by atoms with E-state index in [0.29, 0.717) is 6.54 Å². The Bertz CT molecular complexity index is 802. The molecule has 2 aromatic rings. The van der Waals surface area contributed by atoms with Crippen molar-refractivity contribution in [2.75, 3.05) is 18.4 Å². The van der Waals surface area contributed by atoms with Gasteiger partial charge in [-0.05, 0) is 49.9 Å². The summed E-state index contributed by atoms with van der Waals surface area (Å²) in [5, 5.41) is 14.0. The summed E-state index contributed by atoms with van der Waals surface area (Å²) < 4.78 is 1.93. The fraction of sp³-hybridized carbons (Fsp3) is 0.522. The van der Waals surface area contributed by atoms with Crippen LogP contribution in [0.2, 0.25) is 0 Å². The van der Waals surface area contributed by atoms with Gasteiger partial charge in [0.25, 0.3) is 0 Å². The molecular weight excluding hydrogens is 503 g/mol. The van der Waals surface area contributed by atoms with Gasteiger partial charge in [-0.15, -0.1) is 24.0 Å². The van der Waals surface area contributed by atoms with Crippen LogP contribution in [0.25, 0.3) is 0 Å². The molecule has 1 amide bonds. The highest BCUT2D eigenvalue weighted by molar-refractivity contribution is 14.0. The van der Waals surface area contributed by atoms with Gasteiger partial charge in [-0.3, -0.25) is 9.48 Å². The number of carbonyl (C=O) groups excluding carboxylic acids is 1. The van der Waals surface area contributed by atoms with E-state index in [4.69, 9.17) is 0 Å². The van der Waals surface area contributed by atoms with Crippen LogP contribution in [0.5, 0.6) is 0 Å². The second kappa shape index (κ2) is 14.1. The monoisotopic (exact) mass is 538 g/mol. The quantitative estimate of drug-likeness (QED) is 0.194. The maximum absolute atomic E-state index is 12.5. The van der Waals surface area contributed by atoms with Gasteiger partial charge >= 0.3 is 0 Å². The van der Waals surface area contributed by atoms with Crippen LogP contribution in [-0.4, -0.2) is 34.7 Å². The highest BCUT2D eigenvalue weighted by Crippen LogP contribution is 2.25. The molecule has 1 aromatic carbocycles. The lowest BCUT2D eigenvalue weighted by Gasteiger charge is -2.20. The van der Waals surface area contributed by atoms with Crippen LogP contribution in [-0.2, 0) is 17.9 Å². The van der Waals surface area contributed by atoms with Crippen molar-refractivity contribution in [2.45, 2.75) is 58.5 Å². The van der Waals surface area contributed by atoms with E-state index in [1.165, 1.54) is 6.42 Å². The largest absolute Gasteiger partial charge is 0.357 e. The lowest BCUT2D eigenvalue weighted by molar-refractivity contribution is -0.120. The first-order chi connectivity index (χ1) is 14.7. The van der Waals surface area contributed by atoms with Gasteiger partial charge < -0.3 is 16.0 Å². The number of guanidine groups is 1. The second-order valence-corrected chi connectivity index (χ2v) is 7.77. The second-order valence-electron chi connectivity index (χ2n) is 7.77. The van der Waals surface area contributed by atoms with Gasteiger partial charge in [0.15, 0.2) is 5.96 Å². The number of aryl methyl sites for hydroxylation is 1. The zero-order valence-corrected chi connectivity index (χ0v) is 20.7. The molecule has 0 aliphatic heterocycles. The summed E-state index contributed by atoms with van der Waals surface area (Å²) in [6, 6.07) is 9.93. The van der Waals surface area contributed by atoms with Gasteiger partial charge in [0.05, 0.1) is 6.54 Å². The van der Waals surface area contributed by atoms with Crippen LogP contribution in [0.15, 0.2) is 47.7 Å². The minimum absolute atomic E-state index is 0. The molecule has 3 N–H and O–H groups in total. The third kappa shape index (κ3) is 8.88. The fourth-order valence-electron chi connectivity index (χ4n) is 3.75. The first kappa shape index (κ1) is 25.2. The molecule has 0 saturated heterocycles. The molecule has 1 aliphatic rings. The summed E-state index contributed by atoms with van der Waals surface area (Å²) in [6.07, 6.45) is 10.3. The summed E-state index contributed by atoms with van der Waals surface area (Å²) in [5.74, 6) is 1.11. The summed E-state index contributed by atoms with van der Waals surface area (Å²) in [6.45, 7) is 5.12. The van der Waals surface area contributed by atoms with E-state index >= 15 is 0 Å². The number of nitrogens with zero attached hydrogens (tertiary/aromatic N) is 3. The standard InChI is InChI=1S/C23H34N6O.HI/c1-2-24-23(25-13-7-15-29-16-8-14-27-29)26-18-19-9-6-12-21(17-19)28-22(30)20-10-4-3-5-11-20;/h6,8-9,12,14,16-17,20H,2-5,7,10-11,13,15,18H2,1H3,(H,28,30)(H2,24,25,26);1H. The Morgan fingerprint density at radius 1 is 1.19 bits per heavy atom. The third-order valence-corrected chi connectivity index (χ3v) is 5.35. The Hall–Kier alpha value is -2.10. The smallest absolute Gasteiger partial charge is 0.227 e. The number of aliphatic imine (C=N–C) groups is 1. The topological polar surface area (TPSA) is 83.3 Å². The normalized spacial score (nSPS) is 14.5. The van der Waals surface area contributed by atoms with E-state index in [1.807, 2.05) is 41.2 Å². The SMILES string of the molecule is CCNC(=NCc1cccc(NC(=O)C2CCCCC2)c1)NCCCn1cccn1.I. The maximum Gasteiger partial charge on any atom is 0.227 e. The molecule has 0 bridgehead atoms. The van der Waals surface area contributed by atoms with E-state index in [9.17, 15) is 4.79 Å². The Kier molecular flexibility index (Phi) is 11.4. The molecule has 170 valence electrons. The van der Waals surface area contributed by atoms with Crippen molar-refractivity contribution in [1.82, 2.24) is 20.4 Å². The maximum atomic E-state index is 12.5. The van der Waals surface area contributed by atoms with Crippen molar-refractivity contribution < 1.29 is 4.79 Å². The van der Waals surface area contributed by atoms with Crippen molar-refractivity contribution in [2.24, 2.45) is 10.9 Å². The number of anilines is 1. The van der Waals surface area contributed by atoms with Crippen molar-refractivity contribution in [3.05, 3.63) is 48.3 Å². The average Bonchev–Trinajstić information content (AvgIpc) is 3.29. The lowest BCUT2D eigenvalue weighted by Crippen LogP contribution is -2.38. The van der Waals surface area contributed by atoms with E-state index in [1.54, 1.807) is 6.20 Å². The number of halogens is 1. The Labute approximate surface area is 202 Å². The number of aromatic nitrogens is 2. The van der Waals surface area contributed by atoms with Crippen molar-refractivity contribution >= 4 is 41.5 Å². The van der Waals surface area contributed by atoms with Gasteiger partial charge in [-0.2, -0.15) is 5.10 Å². The zero-order chi connectivity index (χ0) is 21.0. The van der Waals surface area contributed by atoms with Crippen LogP contribution >= 0.6 is 24.0 Å². The van der Waals surface area contributed by atoms with Crippen molar-refractivity contribution in [3.8, 4) is 0 Å². The lowest BCUT2D eigenvalue weighted by atomic mass is 9.88. The highest BCUT2D eigenvalue weighted by Gasteiger charge is 2.20. The molecule has 0 atom stereocenters. The Morgan fingerprint density at radius 2 is 2.03 bits per heavy atom. The molecule has 3 rings (SSSR count). The predicted octanol–water partition coefficient (Wildman–Crippen LogP) is 4.17. The van der Waals surface area contributed by atoms with Gasteiger partial charge in [0.2, 0.25) is 5.91 Å². The zero-order valence-electron chi connectivity index (χ0n) is 18.3. The fourth-order valence-corrected chi connectivity index (χ4v) is 3.75. The van der Waals surface area contributed by atoms with E-state index < -0.39 is 0 Å². The average molecular weight is 538 g/mol. The summed E-state index contributed by atoms with van der Waals surface area (Å²) >= 11 is 0. The first-order valence-corrected chi connectivity index (χ1v) is 11.1. The van der Waals surface area contributed by atoms with Crippen LogP contribution < -0.4 is 16.0 Å². The first-order valence-electron chi connectivity index (χ1n) is 11.1. The minimum Gasteiger partial charge on any atom is -0.357 e. The molecule has 8 heteroatoms. The Balaban J connectivity index is 0.00000341. The van der Waals surface area contributed by atoms with E-state index in [0.717, 1.165) is 68.9 Å². The number of benzene rings is 1. The van der Waals surface area contributed by atoms with Gasteiger partial charge in [0, 0.05) is 43.6 Å². The van der Waals surface area contributed by atoms with Crippen molar-refractivity contribution in [1.29, 1.82) is 0 Å². The number of hydrogen-bond donors (Lipinski definition) is 3. The van der Waals surface area contributed by atoms with Crippen molar-refractivity contribution in [3.63, 3.8) is 0 Å². The molecule has 1 heterocycles. The van der Waals surface area contributed by atoms with Crippen LogP contribution in [0.4, 0.5) is 5.69 Å². The number of amides is 1. The molecule has 1 aliphatic carbocycles. The van der Waals surface area contributed by atoms with Gasteiger partial charge in [0.1, 0.15) is 0 Å². The van der Waals surface area contributed by atoms with Gasteiger partial charge in [-0.25, -0.2) is 4.99 Å². The molecule has 1 saturated carbocycles. The number of nitrogens with one attached hydrogen (secondary N) is 3. The van der Waals surface area contributed by atoms with E-state index in [2.05, 4.69) is 33.0 Å². The predicted molar refractivity (Wildman–Crippen MR) is 137 cm³/mol. The van der Waals surface area contributed by atoms with Crippen LogP contribution in [0, 0.1) is 5.92 Å². The Morgan fingerprint density at radius 3 is 2.77 bits per heavy atom. The molecule has 7 nitrogen and oxygen atoms in total. The molecule has 1 aromatic heterocycles. The summed E-state index contributed by atoms with van der Waals surface area (Å²) in [4.78, 5) is 17.2. The minimum atomic E-state index is 0. The molecule has 0 unspecified atom stereocenters. The number of rotatable bonds is 9. The molecule has 0 spiro atoms. The highest BCUT2D eigenvalue weighted by atomic mass is 127. The summed E-state index contributed by atoms with van der Waals surface area (Å²) in [7, 11) is 0. The molecule has 0 radical (unpaired) electrons. The summed E-state index contributed by atoms with van der Waals surface area (Å²) in [5.41, 5.74) is 1.93. The number of hydrogen-bond acceptors (Lipinski definition) is 3.